The van der Waals surface area contributed by atoms with E-state index in [1.807, 2.05) is 36.5 Å². The van der Waals surface area contributed by atoms with Gasteiger partial charge in [0.1, 0.15) is 0 Å². The molecule has 2 N–H and O–H groups in total. The summed E-state index contributed by atoms with van der Waals surface area (Å²) in [5.41, 5.74) is 0. The van der Waals surface area contributed by atoms with Crippen LogP contribution in [0.4, 0.5) is 0 Å². The summed E-state index contributed by atoms with van der Waals surface area (Å²) in [6, 6.07) is 0. The third kappa shape index (κ3) is 28.3. The summed E-state index contributed by atoms with van der Waals surface area (Å²) in [5, 5.41) is 19.8. The lowest BCUT2D eigenvalue weighted by molar-refractivity contribution is -0.140. The first-order chi connectivity index (χ1) is 18.1. The number of esters is 1. The maximum atomic E-state index is 11.0. The molecule has 0 bridgehead atoms. The van der Waals surface area contributed by atoms with Gasteiger partial charge in [-0.25, -0.2) is 0 Å². The zero-order chi connectivity index (χ0) is 27.2. The highest BCUT2D eigenvalue weighted by molar-refractivity contribution is 5.68. The van der Waals surface area contributed by atoms with Crippen molar-refractivity contribution in [1.82, 2.24) is 0 Å². The lowest BCUT2D eigenvalue weighted by Crippen LogP contribution is -1.99. The Bertz CT molecular complexity index is 684. The number of carbonyl (C=O) groups is 1. The van der Waals surface area contributed by atoms with Gasteiger partial charge in [-0.3, -0.25) is 4.79 Å². The maximum absolute atomic E-state index is 11.0. The molecule has 0 aliphatic rings. The fraction of sp³-hybridized carbons (Fsp3) is 0.606. The molecule has 37 heavy (non-hydrogen) atoms. The molecule has 0 heterocycles. The number of rotatable bonds is 24. The van der Waals surface area contributed by atoms with Gasteiger partial charge in [0, 0.05) is 6.42 Å². The van der Waals surface area contributed by atoms with Crippen molar-refractivity contribution in [1.29, 1.82) is 0 Å². The number of hydrogen-bond donors (Lipinski definition) is 2. The lowest BCUT2D eigenvalue weighted by Gasteiger charge is -2.02. The van der Waals surface area contributed by atoms with E-state index in [0.717, 1.165) is 32.1 Å². The molecule has 0 fully saturated rings. The van der Waals surface area contributed by atoms with Gasteiger partial charge < -0.3 is 14.9 Å². The number of aliphatic hydroxyl groups excluding tert-OH is 2. The summed E-state index contributed by atoms with van der Waals surface area (Å²) >= 11 is 0. The highest BCUT2D eigenvalue weighted by atomic mass is 16.5. The quantitative estimate of drug-likeness (QED) is 0.0586. The zero-order valence-corrected chi connectivity index (χ0v) is 23.6. The van der Waals surface area contributed by atoms with Gasteiger partial charge in [0.05, 0.1) is 19.3 Å². The molecule has 210 valence electrons. The molecular formula is C33H54O4. The highest BCUT2D eigenvalue weighted by Gasteiger charge is 1.99. The van der Waals surface area contributed by atoms with Crippen LogP contribution in [0.3, 0.4) is 0 Å². The van der Waals surface area contributed by atoms with Gasteiger partial charge >= 0.3 is 5.97 Å². The van der Waals surface area contributed by atoms with E-state index in [1.165, 1.54) is 58.5 Å². The second-order valence-electron chi connectivity index (χ2n) is 9.47. The second kappa shape index (κ2) is 28.4. The summed E-state index contributed by atoms with van der Waals surface area (Å²) in [7, 11) is 1.45. The third-order valence-electron chi connectivity index (χ3n) is 5.99. The molecule has 0 aromatic carbocycles. The molecule has 0 aromatic heterocycles. The molecule has 4 nitrogen and oxygen atoms in total. The SMILES string of the molecule is CC/C=C\C[C@H](O)\C=C/C=C/C=C/C(O)C/C=C\C/C=C\CCCCCCCCCCCCC(=O)OC. The van der Waals surface area contributed by atoms with Crippen LogP contribution in [0.1, 0.15) is 110 Å². The molecule has 0 saturated heterocycles. The Morgan fingerprint density at radius 3 is 1.68 bits per heavy atom. The van der Waals surface area contributed by atoms with Crippen LogP contribution < -0.4 is 0 Å². The van der Waals surface area contributed by atoms with Gasteiger partial charge in [0.25, 0.3) is 0 Å². The number of ether oxygens (including phenoxy) is 1. The summed E-state index contributed by atoms with van der Waals surface area (Å²) in [5.74, 6) is -0.0896. The number of unbranched alkanes of at least 4 members (excludes halogenated alkanes) is 10. The summed E-state index contributed by atoms with van der Waals surface area (Å²) in [6.45, 7) is 2.07. The zero-order valence-electron chi connectivity index (χ0n) is 23.6. The number of allylic oxidation sites excluding steroid dienone is 8. The molecule has 0 aromatic rings. The lowest BCUT2D eigenvalue weighted by atomic mass is 10.1. The Hall–Kier alpha value is -2.17. The van der Waals surface area contributed by atoms with E-state index < -0.39 is 12.2 Å². The minimum Gasteiger partial charge on any atom is -0.469 e. The van der Waals surface area contributed by atoms with E-state index in [9.17, 15) is 15.0 Å². The monoisotopic (exact) mass is 514 g/mol. The van der Waals surface area contributed by atoms with Crippen molar-refractivity contribution in [2.75, 3.05) is 7.11 Å². The predicted molar refractivity (Wildman–Crippen MR) is 158 cm³/mol. The summed E-state index contributed by atoms with van der Waals surface area (Å²) in [6.07, 6.45) is 40.0. The molecule has 1 unspecified atom stereocenters. The van der Waals surface area contributed by atoms with E-state index in [0.29, 0.717) is 19.3 Å². The van der Waals surface area contributed by atoms with Crippen molar-refractivity contribution in [2.45, 2.75) is 122 Å². The first-order valence-corrected chi connectivity index (χ1v) is 14.5. The molecule has 0 aliphatic heterocycles. The predicted octanol–water partition coefficient (Wildman–Crippen LogP) is 8.48. The van der Waals surface area contributed by atoms with Crippen molar-refractivity contribution in [3.05, 3.63) is 72.9 Å². The average molecular weight is 515 g/mol. The van der Waals surface area contributed by atoms with Gasteiger partial charge in [0.2, 0.25) is 0 Å². The van der Waals surface area contributed by atoms with Gasteiger partial charge in [0.15, 0.2) is 0 Å². The minimum absolute atomic E-state index is 0.0896. The van der Waals surface area contributed by atoms with Gasteiger partial charge in [-0.2, -0.15) is 0 Å². The average Bonchev–Trinajstić information content (AvgIpc) is 2.89. The largest absolute Gasteiger partial charge is 0.469 e. The second-order valence-corrected chi connectivity index (χ2v) is 9.47. The number of carbonyl (C=O) groups excluding carboxylic acids is 1. The molecule has 2 atom stereocenters. The van der Waals surface area contributed by atoms with Crippen LogP contribution in [0.5, 0.6) is 0 Å². The topological polar surface area (TPSA) is 66.8 Å². The first-order valence-electron chi connectivity index (χ1n) is 14.5. The number of hydrogen-bond acceptors (Lipinski definition) is 4. The van der Waals surface area contributed by atoms with Crippen molar-refractivity contribution in [3.63, 3.8) is 0 Å². The summed E-state index contributed by atoms with van der Waals surface area (Å²) in [4.78, 5) is 11.0. The van der Waals surface area contributed by atoms with Crippen LogP contribution >= 0.6 is 0 Å². The fourth-order valence-electron chi connectivity index (χ4n) is 3.74. The number of aliphatic hydroxyl groups is 2. The van der Waals surface area contributed by atoms with Crippen LogP contribution in [0, 0.1) is 0 Å². The molecule has 0 rings (SSSR count). The fourth-order valence-corrected chi connectivity index (χ4v) is 3.74. The van der Waals surface area contributed by atoms with Crippen molar-refractivity contribution in [2.24, 2.45) is 0 Å². The first kappa shape index (κ1) is 34.8. The Labute approximate surface area is 227 Å². The Morgan fingerprint density at radius 1 is 0.649 bits per heavy atom. The van der Waals surface area contributed by atoms with Gasteiger partial charge in [-0.1, -0.05) is 131 Å². The van der Waals surface area contributed by atoms with E-state index in [4.69, 9.17) is 0 Å². The number of methoxy groups -OCH3 is 1. The van der Waals surface area contributed by atoms with Crippen LogP contribution in [0.25, 0.3) is 0 Å². The van der Waals surface area contributed by atoms with Crippen LogP contribution in [0.2, 0.25) is 0 Å². The molecule has 4 heteroatoms. The van der Waals surface area contributed by atoms with Gasteiger partial charge in [-0.15, -0.1) is 0 Å². The molecule has 0 radical (unpaired) electrons. The Kier molecular flexibility index (Phi) is 26.7. The molecule has 0 saturated carbocycles. The Balaban J connectivity index is 3.57. The Morgan fingerprint density at radius 2 is 1.14 bits per heavy atom. The minimum atomic E-state index is -0.481. The van der Waals surface area contributed by atoms with E-state index >= 15 is 0 Å². The normalized spacial score (nSPS) is 14.4. The van der Waals surface area contributed by atoms with E-state index in [2.05, 4.69) is 36.0 Å². The molecular weight excluding hydrogens is 460 g/mol. The van der Waals surface area contributed by atoms with Crippen molar-refractivity contribution in [3.8, 4) is 0 Å². The van der Waals surface area contributed by atoms with Crippen molar-refractivity contribution < 1.29 is 19.7 Å². The van der Waals surface area contributed by atoms with Crippen molar-refractivity contribution >= 4 is 5.97 Å². The van der Waals surface area contributed by atoms with Crippen LogP contribution in [-0.4, -0.2) is 35.5 Å². The van der Waals surface area contributed by atoms with Crippen LogP contribution in [-0.2, 0) is 9.53 Å². The van der Waals surface area contributed by atoms with E-state index in [-0.39, 0.29) is 5.97 Å². The summed E-state index contributed by atoms with van der Waals surface area (Å²) < 4.78 is 4.65. The molecule has 0 spiro atoms. The van der Waals surface area contributed by atoms with E-state index in [1.54, 1.807) is 12.2 Å². The van der Waals surface area contributed by atoms with Gasteiger partial charge in [-0.05, 0) is 44.9 Å². The van der Waals surface area contributed by atoms with Crippen LogP contribution in [0.15, 0.2) is 72.9 Å². The third-order valence-corrected chi connectivity index (χ3v) is 5.99. The standard InChI is InChI=1S/C33H54O4/c1-3-4-21-26-31(34)28-23-19-20-24-29-32(35)27-22-17-15-13-11-9-7-5-6-8-10-12-14-16-18-25-30-33(36)37-2/h4,11,13,17,19-24,28-29,31-32,34-35H,3,5-10,12,14-16,18,25-27,30H2,1-2H3/b13-11-,20-19+,21-4-,22-17-,28-23-,29-24+/t31-,32?/m0/s1. The maximum Gasteiger partial charge on any atom is 0.305 e. The molecule has 0 aliphatic carbocycles. The smallest absolute Gasteiger partial charge is 0.305 e. The molecule has 0 amide bonds. The highest BCUT2D eigenvalue weighted by Crippen LogP contribution is 2.12.